The fourth-order valence-electron chi connectivity index (χ4n) is 4.53. The quantitative estimate of drug-likeness (QED) is 0.482. The molecule has 2 aliphatic heterocycles. The van der Waals surface area contributed by atoms with E-state index in [0.29, 0.717) is 29.5 Å². The molecule has 188 valence electrons. The van der Waals surface area contributed by atoms with Gasteiger partial charge < -0.3 is 20.6 Å². The maximum Gasteiger partial charge on any atom is 0.407 e. The highest BCUT2D eigenvalue weighted by atomic mass is 32.2. The van der Waals surface area contributed by atoms with E-state index in [1.807, 2.05) is 12.1 Å². The molecule has 37 heavy (non-hydrogen) atoms. The number of fused-ring (bicyclic) bond motifs is 1. The number of halogens is 1. The molecule has 1 saturated heterocycles. The number of carboxylic acid groups (broad SMARTS) is 1. The molecule has 3 aromatic rings. The van der Waals surface area contributed by atoms with Crippen molar-refractivity contribution in [3.05, 3.63) is 95.6 Å². The van der Waals surface area contributed by atoms with Crippen LogP contribution < -0.4 is 10.6 Å². The molecular formula is C26H22FN5O4S. The molecule has 0 saturated carbocycles. The van der Waals surface area contributed by atoms with Gasteiger partial charge in [0.1, 0.15) is 11.5 Å². The van der Waals surface area contributed by atoms with Crippen LogP contribution >= 0.6 is 11.8 Å². The van der Waals surface area contributed by atoms with Gasteiger partial charge in [-0.25, -0.2) is 14.2 Å². The third-order valence-corrected chi connectivity index (χ3v) is 7.84. The minimum Gasteiger partial charge on any atom is -0.465 e. The predicted octanol–water partition coefficient (Wildman–Crippen LogP) is 3.81. The van der Waals surface area contributed by atoms with Crippen LogP contribution in [-0.2, 0) is 4.75 Å². The Bertz CT molecular complexity index is 1390. The van der Waals surface area contributed by atoms with E-state index in [-0.39, 0.29) is 24.1 Å². The lowest BCUT2D eigenvalue weighted by Gasteiger charge is -2.37. The van der Waals surface area contributed by atoms with Crippen LogP contribution in [0, 0.1) is 11.7 Å². The lowest BCUT2D eigenvalue weighted by atomic mass is 9.87. The van der Waals surface area contributed by atoms with Gasteiger partial charge in [0.15, 0.2) is 5.17 Å². The molecule has 3 heterocycles. The number of nitrogens with zero attached hydrogens (tertiary/aromatic N) is 3. The molecule has 0 unspecified atom stereocenters. The van der Waals surface area contributed by atoms with E-state index in [1.165, 1.54) is 22.7 Å². The molecule has 0 spiro atoms. The number of likely N-dealkylation sites (tertiary alicyclic amines) is 1. The molecule has 0 bridgehead atoms. The minimum absolute atomic E-state index is 0.0610. The number of rotatable bonds is 4. The normalized spacial score (nSPS) is 20.5. The van der Waals surface area contributed by atoms with Crippen LogP contribution in [0.4, 0.5) is 14.9 Å². The Kier molecular flexibility index (Phi) is 6.62. The molecule has 0 radical (unpaired) electrons. The zero-order chi connectivity index (χ0) is 26.0. The van der Waals surface area contributed by atoms with Crippen molar-refractivity contribution in [1.82, 2.24) is 15.2 Å². The van der Waals surface area contributed by atoms with E-state index in [9.17, 15) is 23.9 Å². The van der Waals surface area contributed by atoms with Gasteiger partial charge in [-0.05, 0) is 42.0 Å². The van der Waals surface area contributed by atoms with E-state index in [1.54, 1.807) is 42.5 Å². The molecule has 1 fully saturated rings. The molecule has 2 aliphatic rings. The smallest absolute Gasteiger partial charge is 0.407 e. The summed E-state index contributed by atoms with van der Waals surface area (Å²) < 4.78 is 12.4. The number of amides is 3. The van der Waals surface area contributed by atoms with Crippen molar-refractivity contribution in [3.8, 4) is 0 Å². The number of benzene rings is 2. The summed E-state index contributed by atoms with van der Waals surface area (Å²) in [7, 11) is 0. The fourth-order valence-corrected chi connectivity index (χ4v) is 5.94. The van der Waals surface area contributed by atoms with Crippen LogP contribution in [0.3, 0.4) is 0 Å². The van der Waals surface area contributed by atoms with Crippen LogP contribution in [0.5, 0.6) is 0 Å². The molecule has 3 amide bonds. The van der Waals surface area contributed by atoms with Gasteiger partial charge in [0.25, 0.3) is 11.8 Å². The largest absolute Gasteiger partial charge is 0.465 e. The molecular weight excluding hydrogens is 497 g/mol. The first-order chi connectivity index (χ1) is 17.8. The van der Waals surface area contributed by atoms with Crippen LogP contribution in [0.2, 0.25) is 0 Å². The van der Waals surface area contributed by atoms with Crippen LogP contribution in [0.25, 0.3) is 0 Å². The zero-order valence-corrected chi connectivity index (χ0v) is 20.2. The summed E-state index contributed by atoms with van der Waals surface area (Å²) in [5.41, 5.74) is 1.82. The van der Waals surface area contributed by atoms with Gasteiger partial charge >= 0.3 is 6.09 Å². The summed E-state index contributed by atoms with van der Waals surface area (Å²) in [6, 6.07) is 18.3. The van der Waals surface area contributed by atoms with E-state index in [4.69, 9.17) is 0 Å². The van der Waals surface area contributed by atoms with E-state index < -0.39 is 22.6 Å². The van der Waals surface area contributed by atoms with Crippen molar-refractivity contribution in [2.45, 2.75) is 4.75 Å². The van der Waals surface area contributed by atoms with Crippen molar-refractivity contribution in [2.24, 2.45) is 10.9 Å². The van der Waals surface area contributed by atoms with Gasteiger partial charge in [-0.2, -0.15) is 0 Å². The van der Waals surface area contributed by atoms with Crippen molar-refractivity contribution < 1.29 is 23.9 Å². The molecule has 1 aromatic heterocycles. The fraction of sp³-hybridized carbons (Fsp3) is 0.192. The van der Waals surface area contributed by atoms with E-state index in [0.717, 1.165) is 17.8 Å². The minimum atomic E-state index is -1.03. The number of aliphatic imine (C=N–C) groups is 1. The number of pyridine rings is 1. The maximum atomic E-state index is 13.2. The summed E-state index contributed by atoms with van der Waals surface area (Å²) in [5.74, 6) is -1.49. The van der Waals surface area contributed by atoms with Gasteiger partial charge in [-0.3, -0.25) is 14.6 Å². The van der Waals surface area contributed by atoms with Crippen LogP contribution in [0.15, 0.2) is 77.9 Å². The number of carbonyl (C=O) groups excluding carboxylic acids is 2. The molecule has 9 nitrogen and oxygen atoms in total. The van der Waals surface area contributed by atoms with E-state index >= 15 is 0 Å². The van der Waals surface area contributed by atoms with Crippen LogP contribution in [-0.4, -0.2) is 57.7 Å². The van der Waals surface area contributed by atoms with Gasteiger partial charge in [0.2, 0.25) is 0 Å². The molecule has 11 heteroatoms. The second kappa shape index (κ2) is 10.0. The highest BCUT2D eigenvalue weighted by Gasteiger charge is 2.52. The van der Waals surface area contributed by atoms with Crippen molar-refractivity contribution in [3.63, 3.8) is 0 Å². The van der Waals surface area contributed by atoms with Crippen molar-refractivity contribution in [2.75, 3.05) is 25.0 Å². The first-order valence-electron chi connectivity index (χ1n) is 11.5. The van der Waals surface area contributed by atoms with Gasteiger partial charge in [0, 0.05) is 36.8 Å². The second-order valence-electron chi connectivity index (χ2n) is 8.71. The highest BCUT2D eigenvalue weighted by Crippen LogP contribution is 2.51. The zero-order valence-electron chi connectivity index (χ0n) is 19.4. The van der Waals surface area contributed by atoms with Gasteiger partial charge in [-0.15, -0.1) is 0 Å². The number of nitrogens with one attached hydrogen (secondary N) is 2. The first kappa shape index (κ1) is 24.4. The summed E-state index contributed by atoms with van der Waals surface area (Å²) in [4.78, 5) is 47.0. The molecule has 0 aliphatic carbocycles. The number of amidine groups is 1. The van der Waals surface area contributed by atoms with Crippen LogP contribution in [0.1, 0.15) is 26.4 Å². The highest BCUT2D eigenvalue weighted by molar-refractivity contribution is 8.14. The van der Waals surface area contributed by atoms with Crippen molar-refractivity contribution >= 4 is 40.5 Å². The van der Waals surface area contributed by atoms with E-state index in [2.05, 4.69) is 20.6 Å². The topological polar surface area (TPSA) is 124 Å². The Morgan fingerprint density at radius 3 is 2.57 bits per heavy atom. The Labute approximate surface area is 215 Å². The third-order valence-electron chi connectivity index (χ3n) is 6.36. The Morgan fingerprint density at radius 2 is 1.84 bits per heavy atom. The molecule has 2 aromatic carbocycles. The monoisotopic (exact) mass is 519 g/mol. The number of thioether (sulfide) groups is 1. The van der Waals surface area contributed by atoms with Gasteiger partial charge in [0.05, 0.1) is 10.9 Å². The number of aromatic nitrogens is 1. The lowest BCUT2D eigenvalue weighted by Crippen LogP contribution is -2.42. The Morgan fingerprint density at radius 1 is 1.03 bits per heavy atom. The predicted molar refractivity (Wildman–Crippen MR) is 137 cm³/mol. The number of hydrogen-bond acceptors (Lipinski definition) is 6. The third kappa shape index (κ3) is 5.03. The average molecular weight is 520 g/mol. The number of hydrogen-bond donors (Lipinski definition) is 3. The number of anilines is 1. The summed E-state index contributed by atoms with van der Waals surface area (Å²) in [6.45, 7) is 0.813. The Balaban J connectivity index is 1.42. The lowest BCUT2D eigenvalue weighted by molar-refractivity contribution is 0.0976. The average Bonchev–Trinajstić information content (AvgIpc) is 3.30. The SMILES string of the molecule is O=C(NC1=NC[C@H]2CN(C(=O)O)C[C@]2(c2cccc(NC(=O)c3ccc(F)cn3)c2)S1)c1ccccc1. The number of carbonyl (C=O) groups is 3. The molecule has 3 N–H and O–H groups in total. The second-order valence-corrected chi connectivity index (χ2v) is 10.0. The maximum absolute atomic E-state index is 13.2. The van der Waals surface area contributed by atoms with Gasteiger partial charge in [-0.1, -0.05) is 42.1 Å². The molecule has 2 atom stereocenters. The Hall–Kier alpha value is -4.25. The summed E-state index contributed by atoms with van der Waals surface area (Å²) >= 11 is 1.32. The molecule has 5 rings (SSSR count). The summed E-state index contributed by atoms with van der Waals surface area (Å²) in [6.07, 6.45) is -0.0620. The first-order valence-corrected chi connectivity index (χ1v) is 12.3. The summed E-state index contributed by atoms with van der Waals surface area (Å²) in [5, 5.41) is 15.8. The van der Waals surface area contributed by atoms with Crippen molar-refractivity contribution in [1.29, 1.82) is 0 Å². The standard InChI is InChI=1S/C26H22FN5O4S/c27-19-9-10-21(28-13-19)23(34)30-20-8-4-7-17(11-20)26-15-32(25(35)36)14-18(26)12-29-24(37-26)31-22(33)16-5-2-1-3-6-16/h1-11,13,18H,12,14-15H2,(H,30,34)(H,35,36)(H,29,31,33)/t18-,26+/m0/s1.